The molecule has 0 aliphatic carbocycles. The maximum Gasteiger partial charge on any atom is 0.0992 e. The second kappa shape index (κ2) is 3.95. The van der Waals surface area contributed by atoms with Crippen molar-refractivity contribution in [1.82, 2.24) is 9.55 Å². The maximum absolute atomic E-state index is 4.18. The summed E-state index contributed by atoms with van der Waals surface area (Å²) in [5.41, 5.74) is 1.20. The van der Waals surface area contributed by atoms with Crippen molar-refractivity contribution < 1.29 is 0 Å². The van der Waals surface area contributed by atoms with Crippen LogP contribution in [0.3, 0.4) is 0 Å². The molecule has 0 spiro atoms. The van der Waals surface area contributed by atoms with Crippen LogP contribution in [0.1, 0.15) is 0 Å². The van der Waals surface area contributed by atoms with E-state index in [1.807, 2.05) is 18.7 Å². The van der Waals surface area contributed by atoms with Crippen LogP contribution in [0.2, 0.25) is 0 Å². The molecule has 0 N–H and O–H groups in total. The monoisotopic (exact) mass is 244 g/mol. The Balaban J connectivity index is 2.27. The number of benzene rings is 3. The number of rotatable bonds is 1. The minimum absolute atomic E-state index is 1.20. The van der Waals surface area contributed by atoms with Crippen molar-refractivity contribution in [3.63, 3.8) is 0 Å². The molecule has 1 heterocycles. The summed E-state index contributed by atoms with van der Waals surface area (Å²) in [6.07, 6.45) is 5.67. The van der Waals surface area contributed by atoms with E-state index in [2.05, 4.69) is 64.1 Å². The van der Waals surface area contributed by atoms with Crippen LogP contribution in [0.4, 0.5) is 0 Å². The van der Waals surface area contributed by atoms with Crippen LogP contribution < -0.4 is 0 Å². The fraction of sp³-hybridized carbons (Fsp3) is 0. The highest BCUT2D eigenvalue weighted by Gasteiger charge is 2.08. The van der Waals surface area contributed by atoms with Gasteiger partial charge >= 0.3 is 0 Å². The average Bonchev–Trinajstić information content (AvgIpc) is 2.98. The van der Waals surface area contributed by atoms with Crippen LogP contribution in [-0.4, -0.2) is 9.55 Å². The molecule has 3 aromatic carbocycles. The predicted molar refractivity (Wildman–Crippen MR) is 78.6 cm³/mol. The molecule has 19 heavy (non-hydrogen) atoms. The first-order chi connectivity index (χ1) is 9.43. The second-order valence-electron chi connectivity index (χ2n) is 4.64. The topological polar surface area (TPSA) is 17.8 Å². The van der Waals surface area contributed by atoms with E-state index in [1.54, 1.807) is 0 Å². The molecule has 0 fully saturated rings. The highest BCUT2D eigenvalue weighted by Crippen LogP contribution is 2.31. The molecular formula is C17H12N2. The zero-order valence-electron chi connectivity index (χ0n) is 10.3. The third-order valence-corrected chi connectivity index (χ3v) is 3.51. The van der Waals surface area contributed by atoms with Crippen molar-refractivity contribution in [2.45, 2.75) is 0 Å². The average molecular weight is 244 g/mol. The molecule has 0 aliphatic rings. The Morgan fingerprint density at radius 3 is 2.00 bits per heavy atom. The summed E-state index contributed by atoms with van der Waals surface area (Å²) < 4.78 is 2.09. The summed E-state index contributed by atoms with van der Waals surface area (Å²) in [6.45, 7) is 0. The fourth-order valence-corrected chi connectivity index (χ4v) is 2.66. The number of hydrogen-bond acceptors (Lipinski definition) is 1. The van der Waals surface area contributed by atoms with Gasteiger partial charge in [-0.15, -0.1) is 0 Å². The Kier molecular flexibility index (Phi) is 2.15. The van der Waals surface area contributed by atoms with Gasteiger partial charge in [0, 0.05) is 23.2 Å². The van der Waals surface area contributed by atoms with Gasteiger partial charge in [-0.25, -0.2) is 4.98 Å². The van der Waals surface area contributed by atoms with Crippen molar-refractivity contribution in [3.8, 4) is 5.69 Å². The van der Waals surface area contributed by atoms with E-state index in [9.17, 15) is 0 Å². The van der Waals surface area contributed by atoms with Gasteiger partial charge in [0.1, 0.15) is 0 Å². The zero-order chi connectivity index (χ0) is 12.7. The molecule has 2 heteroatoms. The summed E-state index contributed by atoms with van der Waals surface area (Å²) >= 11 is 0. The molecule has 0 saturated heterocycles. The number of hydrogen-bond donors (Lipinski definition) is 0. The third-order valence-electron chi connectivity index (χ3n) is 3.51. The molecule has 0 radical (unpaired) electrons. The highest BCUT2D eigenvalue weighted by atomic mass is 15.0. The largest absolute Gasteiger partial charge is 0.305 e. The zero-order valence-corrected chi connectivity index (χ0v) is 10.3. The van der Waals surface area contributed by atoms with E-state index in [4.69, 9.17) is 0 Å². The van der Waals surface area contributed by atoms with Crippen LogP contribution >= 0.6 is 0 Å². The first-order valence-corrected chi connectivity index (χ1v) is 6.32. The molecule has 1 aromatic heterocycles. The summed E-state index contributed by atoms with van der Waals surface area (Å²) in [4.78, 5) is 4.18. The number of nitrogens with zero attached hydrogens (tertiary/aromatic N) is 2. The second-order valence-corrected chi connectivity index (χ2v) is 4.64. The molecule has 4 aromatic rings. The third kappa shape index (κ3) is 1.54. The predicted octanol–water partition coefficient (Wildman–Crippen LogP) is 4.18. The Morgan fingerprint density at radius 2 is 1.42 bits per heavy atom. The highest BCUT2D eigenvalue weighted by molar-refractivity contribution is 6.07. The molecule has 90 valence electrons. The van der Waals surface area contributed by atoms with Gasteiger partial charge in [-0.2, -0.15) is 0 Å². The Bertz CT molecular complexity index is 807. The number of imidazole rings is 1. The van der Waals surface area contributed by atoms with Gasteiger partial charge in [0.15, 0.2) is 0 Å². The van der Waals surface area contributed by atoms with Crippen LogP contribution in [0, 0.1) is 0 Å². The molecular weight excluding hydrogens is 232 g/mol. The standard InChI is InChI=1S/C17H12N2/c1-3-7-15-13(5-1)11-14-6-2-4-8-16(14)17(15)19-10-9-18-12-19/h1-12H. The summed E-state index contributed by atoms with van der Waals surface area (Å²) in [6, 6.07) is 19.2. The van der Waals surface area contributed by atoms with Crippen molar-refractivity contribution in [3.05, 3.63) is 73.3 Å². The molecule has 4 rings (SSSR count). The molecule has 2 nitrogen and oxygen atoms in total. The lowest BCUT2D eigenvalue weighted by molar-refractivity contribution is 1.08. The van der Waals surface area contributed by atoms with E-state index < -0.39 is 0 Å². The molecule has 0 bridgehead atoms. The minimum atomic E-state index is 1.20. The smallest absolute Gasteiger partial charge is 0.0992 e. The van der Waals surface area contributed by atoms with Gasteiger partial charge in [-0.05, 0) is 16.8 Å². The first-order valence-electron chi connectivity index (χ1n) is 6.32. The van der Waals surface area contributed by atoms with Gasteiger partial charge < -0.3 is 4.57 Å². The Hall–Kier alpha value is -2.61. The Labute approximate surface area is 110 Å². The summed E-state index contributed by atoms with van der Waals surface area (Å²) in [5, 5.41) is 5.01. The van der Waals surface area contributed by atoms with E-state index in [-0.39, 0.29) is 0 Å². The SMILES string of the molecule is c1ccc2c(-n3ccnc3)c3ccccc3cc2c1. The van der Waals surface area contributed by atoms with E-state index in [1.165, 1.54) is 27.2 Å². The fourth-order valence-electron chi connectivity index (χ4n) is 2.66. The number of aromatic nitrogens is 2. The number of fused-ring (bicyclic) bond motifs is 2. The maximum atomic E-state index is 4.18. The van der Waals surface area contributed by atoms with E-state index in [0.717, 1.165) is 0 Å². The molecule has 0 atom stereocenters. The lowest BCUT2D eigenvalue weighted by Crippen LogP contribution is -1.93. The minimum Gasteiger partial charge on any atom is -0.305 e. The van der Waals surface area contributed by atoms with Crippen molar-refractivity contribution in [2.24, 2.45) is 0 Å². The molecule has 0 saturated carbocycles. The van der Waals surface area contributed by atoms with Gasteiger partial charge in [0.05, 0.1) is 12.0 Å². The van der Waals surface area contributed by atoms with E-state index >= 15 is 0 Å². The van der Waals surface area contributed by atoms with Gasteiger partial charge in [-0.3, -0.25) is 0 Å². The first kappa shape index (κ1) is 10.3. The van der Waals surface area contributed by atoms with Gasteiger partial charge in [0.2, 0.25) is 0 Å². The van der Waals surface area contributed by atoms with Crippen LogP contribution in [0.25, 0.3) is 27.2 Å². The lowest BCUT2D eigenvalue weighted by atomic mass is 10.0. The van der Waals surface area contributed by atoms with Gasteiger partial charge in [0.25, 0.3) is 0 Å². The normalized spacial score (nSPS) is 11.2. The Morgan fingerprint density at radius 1 is 0.789 bits per heavy atom. The quantitative estimate of drug-likeness (QED) is 0.459. The van der Waals surface area contributed by atoms with Crippen LogP contribution in [-0.2, 0) is 0 Å². The van der Waals surface area contributed by atoms with Crippen LogP contribution in [0.5, 0.6) is 0 Å². The molecule has 0 amide bonds. The van der Waals surface area contributed by atoms with Crippen molar-refractivity contribution >= 4 is 21.5 Å². The van der Waals surface area contributed by atoms with Crippen molar-refractivity contribution in [1.29, 1.82) is 0 Å². The molecule has 0 aliphatic heterocycles. The van der Waals surface area contributed by atoms with Crippen molar-refractivity contribution in [2.75, 3.05) is 0 Å². The van der Waals surface area contributed by atoms with Crippen LogP contribution in [0.15, 0.2) is 73.3 Å². The molecule has 0 unspecified atom stereocenters. The summed E-state index contributed by atoms with van der Waals surface area (Å²) in [7, 11) is 0. The summed E-state index contributed by atoms with van der Waals surface area (Å²) in [5.74, 6) is 0. The van der Waals surface area contributed by atoms with Gasteiger partial charge in [-0.1, -0.05) is 48.5 Å². The van der Waals surface area contributed by atoms with E-state index in [0.29, 0.717) is 0 Å². The lowest BCUT2D eigenvalue weighted by Gasteiger charge is -2.12.